The second-order valence-electron chi connectivity index (χ2n) is 5.99. The third-order valence-corrected chi connectivity index (χ3v) is 3.81. The molecule has 118 valence electrons. The summed E-state index contributed by atoms with van der Waals surface area (Å²) in [5.74, 6) is 1.25. The van der Waals surface area contributed by atoms with E-state index in [1.807, 2.05) is 12.1 Å². The van der Waals surface area contributed by atoms with Gasteiger partial charge in [0.2, 0.25) is 0 Å². The number of aliphatic imine (C=N–C) groups is 1. The van der Waals surface area contributed by atoms with Crippen LogP contribution in [-0.2, 0) is 5.41 Å². The molecule has 0 aliphatic heterocycles. The van der Waals surface area contributed by atoms with Gasteiger partial charge in [-0.05, 0) is 36.5 Å². The maximum atomic E-state index is 13.0. The third kappa shape index (κ3) is 5.13. The topological polar surface area (TPSA) is 36.4 Å². The molecule has 1 saturated carbocycles. The molecule has 1 fully saturated rings. The van der Waals surface area contributed by atoms with Crippen molar-refractivity contribution in [3.05, 3.63) is 35.6 Å². The summed E-state index contributed by atoms with van der Waals surface area (Å²) in [5, 5.41) is 6.69. The molecular weight excluding hydrogens is 380 g/mol. The molecule has 1 aliphatic carbocycles. The van der Waals surface area contributed by atoms with Crippen LogP contribution in [0.15, 0.2) is 29.3 Å². The minimum absolute atomic E-state index is 0. The van der Waals surface area contributed by atoms with Crippen LogP contribution in [0.3, 0.4) is 0 Å². The number of nitrogens with one attached hydrogen (secondary N) is 2. The summed E-state index contributed by atoms with van der Waals surface area (Å²) >= 11 is 0. The van der Waals surface area contributed by atoms with Crippen molar-refractivity contribution in [2.24, 2.45) is 10.9 Å². The lowest BCUT2D eigenvalue weighted by atomic mass is 9.96. The number of benzene rings is 1. The normalized spacial score (nSPS) is 16.3. The van der Waals surface area contributed by atoms with E-state index in [4.69, 9.17) is 0 Å². The largest absolute Gasteiger partial charge is 0.356 e. The molecule has 0 atom stereocenters. The SMILES string of the molecule is CN=C(NCC(C)C)NCC1(c2ccc(F)cc2)CC1.I. The first kappa shape index (κ1) is 18.2. The van der Waals surface area contributed by atoms with Crippen LogP contribution in [0, 0.1) is 11.7 Å². The molecule has 0 saturated heterocycles. The molecule has 21 heavy (non-hydrogen) atoms. The number of halogens is 2. The van der Waals surface area contributed by atoms with Crippen molar-refractivity contribution in [1.29, 1.82) is 0 Å². The first-order chi connectivity index (χ1) is 9.55. The molecule has 0 heterocycles. The standard InChI is InChI=1S/C16H24FN3.HI/c1-12(2)10-19-15(18-3)20-11-16(8-9-16)13-4-6-14(17)7-5-13;/h4-7,12H,8-11H2,1-3H3,(H2,18,19,20);1H. The molecule has 2 N–H and O–H groups in total. The van der Waals surface area contributed by atoms with Crippen molar-refractivity contribution in [3.63, 3.8) is 0 Å². The second-order valence-corrected chi connectivity index (χ2v) is 5.99. The molecule has 3 nitrogen and oxygen atoms in total. The molecule has 1 aromatic rings. The van der Waals surface area contributed by atoms with Gasteiger partial charge in [-0.2, -0.15) is 0 Å². The predicted molar refractivity (Wildman–Crippen MR) is 96.9 cm³/mol. The Morgan fingerprint density at radius 3 is 2.33 bits per heavy atom. The summed E-state index contributed by atoms with van der Waals surface area (Å²) in [6.07, 6.45) is 2.29. The first-order valence-corrected chi connectivity index (χ1v) is 7.26. The highest BCUT2D eigenvalue weighted by Gasteiger charge is 2.44. The summed E-state index contributed by atoms with van der Waals surface area (Å²) < 4.78 is 13.0. The van der Waals surface area contributed by atoms with Gasteiger partial charge in [0.1, 0.15) is 5.82 Å². The Hall–Kier alpha value is -0.850. The molecule has 0 amide bonds. The Morgan fingerprint density at radius 2 is 1.86 bits per heavy atom. The van der Waals surface area contributed by atoms with Crippen molar-refractivity contribution >= 4 is 29.9 Å². The summed E-state index contributed by atoms with van der Waals surface area (Å²) in [4.78, 5) is 4.23. The smallest absolute Gasteiger partial charge is 0.191 e. The van der Waals surface area contributed by atoms with E-state index in [9.17, 15) is 4.39 Å². The quantitative estimate of drug-likeness (QED) is 0.448. The van der Waals surface area contributed by atoms with Crippen molar-refractivity contribution in [1.82, 2.24) is 10.6 Å². The number of rotatable bonds is 5. The van der Waals surface area contributed by atoms with E-state index in [0.717, 1.165) is 31.9 Å². The minimum Gasteiger partial charge on any atom is -0.356 e. The first-order valence-electron chi connectivity index (χ1n) is 7.26. The Labute approximate surface area is 143 Å². The van der Waals surface area contributed by atoms with E-state index in [0.29, 0.717) is 5.92 Å². The zero-order valence-corrected chi connectivity index (χ0v) is 15.3. The van der Waals surface area contributed by atoms with Gasteiger partial charge >= 0.3 is 0 Å². The van der Waals surface area contributed by atoms with Gasteiger partial charge in [-0.1, -0.05) is 26.0 Å². The fraction of sp³-hybridized carbons (Fsp3) is 0.562. The van der Waals surface area contributed by atoms with E-state index in [1.54, 1.807) is 19.2 Å². The van der Waals surface area contributed by atoms with Crippen molar-refractivity contribution in [2.45, 2.75) is 32.1 Å². The molecular formula is C16H25FIN3. The van der Waals surface area contributed by atoms with Crippen LogP contribution in [0.4, 0.5) is 4.39 Å². The number of hydrogen-bond acceptors (Lipinski definition) is 1. The van der Waals surface area contributed by atoms with E-state index in [2.05, 4.69) is 29.5 Å². The van der Waals surface area contributed by atoms with Crippen molar-refractivity contribution in [3.8, 4) is 0 Å². The molecule has 0 spiro atoms. The Morgan fingerprint density at radius 1 is 1.24 bits per heavy atom. The lowest BCUT2D eigenvalue weighted by Crippen LogP contribution is -2.42. The maximum Gasteiger partial charge on any atom is 0.191 e. The van der Waals surface area contributed by atoms with Crippen LogP contribution < -0.4 is 10.6 Å². The van der Waals surface area contributed by atoms with Gasteiger partial charge in [0.15, 0.2) is 5.96 Å². The van der Waals surface area contributed by atoms with Crippen molar-refractivity contribution < 1.29 is 4.39 Å². The highest BCUT2D eigenvalue weighted by atomic mass is 127. The Kier molecular flexibility index (Phi) is 6.90. The van der Waals surface area contributed by atoms with Gasteiger partial charge in [0, 0.05) is 25.6 Å². The number of hydrogen-bond donors (Lipinski definition) is 2. The van der Waals surface area contributed by atoms with Gasteiger partial charge in [-0.3, -0.25) is 4.99 Å². The zero-order chi connectivity index (χ0) is 14.6. The summed E-state index contributed by atoms with van der Waals surface area (Å²) in [6.45, 7) is 6.09. The Balaban J connectivity index is 0.00000220. The molecule has 0 unspecified atom stereocenters. The summed E-state index contributed by atoms with van der Waals surface area (Å²) in [5.41, 5.74) is 1.37. The predicted octanol–water partition coefficient (Wildman–Crippen LogP) is 3.30. The molecule has 1 aliphatic rings. The summed E-state index contributed by atoms with van der Waals surface area (Å²) in [7, 11) is 1.78. The molecule has 2 rings (SSSR count). The van der Waals surface area contributed by atoms with Crippen molar-refractivity contribution in [2.75, 3.05) is 20.1 Å². The monoisotopic (exact) mass is 405 g/mol. The number of nitrogens with zero attached hydrogens (tertiary/aromatic N) is 1. The van der Waals surface area contributed by atoms with Crippen LogP contribution in [0.1, 0.15) is 32.3 Å². The van der Waals surface area contributed by atoms with E-state index in [1.165, 1.54) is 5.56 Å². The van der Waals surface area contributed by atoms with Gasteiger partial charge in [-0.25, -0.2) is 4.39 Å². The fourth-order valence-electron chi connectivity index (χ4n) is 2.30. The molecule has 1 aromatic carbocycles. The van der Waals surface area contributed by atoms with Gasteiger partial charge in [-0.15, -0.1) is 24.0 Å². The van der Waals surface area contributed by atoms with Crippen LogP contribution in [0.5, 0.6) is 0 Å². The van der Waals surface area contributed by atoms with Crippen LogP contribution in [0.25, 0.3) is 0 Å². The lowest BCUT2D eigenvalue weighted by Gasteiger charge is -2.19. The fourth-order valence-corrected chi connectivity index (χ4v) is 2.30. The van der Waals surface area contributed by atoms with Gasteiger partial charge in [0.05, 0.1) is 0 Å². The number of guanidine groups is 1. The Bertz CT molecular complexity index is 467. The lowest BCUT2D eigenvalue weighted by molar-refractivity contribution is 0.597. The van der Waals surface area contributed by atoms with Crippen LogP contribution in [0.2, 0.25) is 0 Å². The van der Waals surface area contributed by atoms with E-state index < -0.39 is 0 Å². The zero-order valence-electron chi connectivity index (χ0n) is 12.9. The third-order valence-electron chi connectivity index (χ3n) is 3.81. The second kappa shape index (κ2) is 7.96. The maximum absolute atomic E-state index is 13.0. The highest BCUT2D eigenvalue weighted by molar-refractivity contribution is 14.0. The van der Waals surface area contributed by atoms with Crippen LogP contribution in [-0.4, -0.2) is 26.1 Å². The minimum atomic E-state index is -0.174. The van der Waals surface area contributed by atoms with Gasteiger partial charge in [0.25, 0.3) is 0 Å². The molecule has 5 heteroatoms. The van der Waals surface area contributed by atoms with Crippen LogP contribution >= 0.6 is 24.0 Å². The summed E-state index contributed by atoms with van der Waals surface area (Å²) in [6, 6.07) is 6.88. The molecule has 0 aromatic heterocycles. The highest BCUT2D eigenvalue weighted by Crippen LogP contribution is 2.47. The van der Waals surface area contributed by atoms with E-state index in [-0.39, 0.29) is 35.2 Å². The average Bonchev–Trinajstić information content (AvgIpc) is 3.20. The average molecular weight is 405 g/mol. The van der Waals surface area contributed by atoms with Gasteiger partial charge < -0.3 is 10.6 Å². The van der Waals surface area contributed by atoms with E-state index >= 15 is 0 Å². The molecule has 0 bridgehead atoms. The molecule has 0 radical (unpaired) electrons.